The van der Waals surface area contributed by atoms with E-state index >= 15 is 0 Å². The van der Waals surface area contributed by atoms with Crippen LogP contribution in [0.15, 0.2) is 11.1 Å². The smallest absolute Gasteiger partial charge is 0.341 e. The number of unbranched alkanes of at least 4 members (excludes halogenated alkanes) is 1. The van der Waals surface area contributed by atoms with E-state index in [-0.39, 0.29) is 11.9 Å². The van der Waals surface area contributed by atoms with Gasteiger partial charge in [0.15, 0.2) is 0 Å². The molecule has 3 rings (SSSR count). The molecule has 0 unspecified atom stereocenters. The first-order valence-electron chi connectivity index (χ1n) is 10.8. The summed E-state index contributed by atoms with van der Waals surface area (Å²) in [4.78, 5) is 38.9. The molecule has 2 aliphatic rings. The number of carbonyl (C=O) groups is 3. The van der Waals surface area contributed by atoms with E-state index in [0.29, 0.717) is 30.0 Å². The molecule has 0 aliphatic heterocycles. The van der Waals surface area contributed by atoms with E-state index in [1.54, 1.807) is 0 Å². The van der Waals surface area contributed by atoms with E-state index in [4.69, 9.17) is 4.74 Å². The van der Waals surface area contributed by atoms with Crippen molar-refractivity contribution in [3.8, 4) is 0 Å². The van der Waals surface area contributed by atoms with E-state index in [9.17, 15) is 19.5 Å². The lowest BCUT2D eigenvalue weighted by molar-refractivity contribution is -0.146. The van der Waals surface area contributed by atoms with Crippen molar-refractivity contribution >= 4 is 34.2 Å². The summed E-state index contributed by atoms with van der Waals surface area (Å²) in [7, 11) is 0. The van der Waals surface area contributed by atoms with Gasteiger partial charge in [-0.25, -0.2) is 4.79 Å². The third-order valence-corrected chi connectivity index (χ3v) is 7.47. The molecule has 0 fully saturated rings. The van der Waals surface area contributed by atoms with Crippen LogP contribution in [0, 0.1) is 11.8 Å². The first-order valence-corrected chi connectivity index (χ1v) is 11.7. The SMILES string of the molecule is CCCCOC(=O)c1c(NC(=O)[C@@H]2CC(C)=C(C)C[C@@H]2C(=O)O)sc2c1CCCC2. The first kappa shape index (κ1) is 22.5. The number of nitrogens with one attached hydrogen (secondary N) is 1. The molecule has 2 atom stereocenters. The lowest BCUT2D eigenvalue weighted by Crippen LogP contribution is -2.36. The Morgan fingerprint density at radius 3 is 2.43 bits per heavy atom. The fraction of sp³-hybridized carbons (Fsp3) is 0.609. The van der Waals surface area contributed by atoms with Gasteiger partial charge in [-0.15, -0.1) is 11.3 Å². The zero-order valence-electron chi connectivity index (χ0n) is 18.0. The van der Waals surface area contributed by atoms with E-state index in [0.717, 1.165) is 60.1 Å². The van der Waals surface area contributed by atoms with E-state index < -0.39 is 17.8 Å². The highest BCUT2D eigenvalue weighted by Crippen LogP contribution is 2.40. The Labute approximate surface area is 181 Å². The van der Waals surface area contributed by atoms with Crippen molar-refractivity contribution in [3.63, 3.8) is 0 Å². The number of thiophene rings is 1. The quantitative estimate of drug-likeness (QED) is 0.360. The number of esters is 1. The van der Waals surface area contributed by atoms with Gasteiger partial charge in [0.25, 0.3) is 0 Å². The highest BCUT2D eigenvalue weighted by molar-refractivity contribution is 7.17. The van der Waals surface area contributed by atoms with Crippen molar-refractivity contribution < 1.29 is 24.2 Å². The van der Waals surface area contributed by atoms with Crippen LogP contribution in [0.5, 0.6) is 0 Å². The largest absolute Gasteiger partial charge is 0.481 e. The molecule has 7 heteroatoms. The maximum Gasteiger partial charge on any atom is 0.341 e. The molecule has 30 heavy (non-hydrogen) atoms. The summed E-state index contributed by atoms with van der Waals surface area (Å²) in [6, 6.07) is 0. The Morgan fingerprint density at radius 2 is 1.77 bits per heavy atom. The minimum absolute atomic E-state index is 0.324. The van der Waals surface area contributed by atoms with Gasteiger partial charge in [-0.3, -0.25) is 9.59 Å². The number of ether oxygens (including phenoxy) is 1. The predicted octanol–water partition coefficient (Wildman–Crippen LogP) is 4.97. The molecule has 1 amide bonds. The van der Waals surface area contributed by atoms with Crippen LogP contribution in [0.3, 0.4) is 0 Å². The number of fused-ring (bicyclic) bond motifs is 1. The molecule has 164 valence electrons. The first-order chi connectivity index (χ1) is 14.3. The third kappa shape index (κ3) is 4.77. The van der Waals surface area contributed by atoms with Crippen LogP contribution in [-0.2, 0) is 27.2 Å². The fourth-order valence-electron chi connectivity index (χ4n) is 4.28. The minimum Gasteiger partial charge on any atom is -0.481 e. The number of carboxylic acid groups (broad SMARTS) is 1. The maximum absolute atomic E-state index is 13.1. The number of hydrogen-bond donors (Lipinski definition) is 2. The number of carboxylic acids is 1. The van der Waals surface area contributed by atoms with Gasteiger partial charge in [0, 0.05) is 4.88 Å². The number of rotatable bonds is 7. The molecule has 0 spiro atoms. The van der Waals surface area contributed by atoms with Gasteiger partial charge in [-0.2, -0.15) is 0 Å². The van der Waals surface area contributed by atoms with Gasteiger partial charge in [0.1, 0.15) is 5.00 Å². The zero-order chi connectivity index (χ0) is 21.8. The van der Waals surface area contributed by atoms with Crippen molar-refractivity contribution in [1.82, 2.24) is 0 Å². The summed E-state index contributed by atoms with van der Waals surface area (Å²) in [6.07, 6.45) is 6.32. The molecule has 0 saturated heterocycles. The number of aryl methyl sites for hydroxylation is 1. The zero-order valence-corrected chi connectivity index (χ0v) is 18.8. The van der Waals surface area contributed by atoms with E-state index in [1.807, 2.05) is 20.8 Å². The van der Waals surface area contributed by atoms with Crippen LogP contribution < -0.4 is 5.32 Å². The highest BCUT2D eigenvalue weighted by atomic mass is 32.1. The van der Waals surface area contributed by atoms with Crippen LogP contribution in [0.1, 0.15) is 80.1 Å². The Bertz CT molecular complexity index is 869. The Morgan fingerprint density at radius 1 is 1.10 bits per heavy atom. The van der Waals surface area contributed by atoms with Crippen molar-refractivity contribution in [2.45, 2.75) is 72.1 Å². The Kier molecular flexibility index (Phi) is 7.34. The topological polar surface area (TPSA) is 92.7 Å². The molecule has 0 bridgehead atoms. The van der Waals surface area contributed by atoms with Crippen LogP contribution in [0.25, 0.3) is 0 Å². The second-order valence-corrected chi connectivity index (χ2v) is 9.52. The average Bonchev–Trinajstić information content (AvgIpc) is 3.07. The molecule has 0 saturated carbocycles. The van der Waals surface area contributed by atoms with Crippen molar-refractivity contribution in [1.29, 1.82) is 0 Å². The van der Waals surface area contributed by atoms with E-state index in [2.05, 4.69) is 5.32 Å². The predicted molar refractivity (Wildman–Crippen MR) is 117 cm³/mol. The fourth-order valence-corrected chi connectivity index (χ4v) is 5.56. The van der Waals surface area contributed by atoms with Gasteiger partial charge in [-0.1, -0.05) is 24.5 Å². The lowest BCUT2D eigenvalue weighted by Gasteiger charge is -2.29. The summed E-state index contributed by atoms with van der Waals surface area (Å²) in [5.74, 6) is -3.05. The van der Waals surface area contributed by atoms with Crippen LogP contribution in [-0.4, -0.2) is 29.6 Å². The summed E-state index contributed by atoms with van der Waals surface area (Å²) in [6.45, 7) is 6.28. The molecular formula is C23H31NO5S. The monoisotopic (exact) mass is 433 g/mol. The molecule has 0 aromatic carbocycles. The third-order valence-electron chi connectivity index (χ3n) is 6.26. The molecule has 2 N–H and O–H groups in total. The molecular weight excluding hydrogens is 402 g/mol. The second-order valence-electron chi connectivity index (χ2n) is 8.41. The van der Waals surface area contributed by atoms with Crippen molar-refractivity contribution in [2.24, 2.45) is 11.8 Å². The minimum atomic E-state index is -0.952. The summed E-state index contributed by atoms with van der Waals surface area (Å²) >= 11 is 1.44. The van der Waals surface area contributed by atoms with Crippen LogP contribution >= 0.6 is 11.3 Å². The Hall–Kier alpha value is -2.15. The van der Waals surface area contributed by atoms with Gasteiger partial charge in [0.05, 0.1) is 24.0 Å². The van der Waals surface area contributed by atoms with Crippen LogP contribution in [0.4, 0.5) is 5.00 Å². The number of allylic oxidation sites excluding steroid dienone is 2. The number of amides is 1. The normalized spacial score (nSPS) is 21.2. The molecule has 1 aromatic rings. The van der Waals surface area contributed by atoms with Gasteiger partial charge >= 0.3 is 11.9 Å². The number of anilines is 1. The summed E-state index contributed by atoms with van der Waals surface area (Å²) in [5.41, 5.74) is 3.58. The van der Waals surface area contributed by atoms with Crippen LogP contribution in [0.2, 0.25) is 0 Å². The van der Waals surface area contributed by atoms with E-state index in [1.165, 1.54) is 11.3 Å². The van der Waals surface area contributed by atoms with Gasteiger partial charge in [0.2, 0.25) is 5.91 Å². The Balaban J connectivity index is 1.86. The second kappa shape index (κ2) is 9.77. The van der Waals surface area contributed by atoms with Gasteiger partial charge in [-0.05, 0) is 64.4 Å². The standard InChI is InChI=1S/C23H31NO5S/c1-4-5-10-29-23(28)19-15-8-6-7-9-18(15)30-21(19)24-20(25)16-11-13(2)14(3)12-17(16)22(26)27/h16-17H,4-12H2,1-3H3,(H,24,25)(H,26,27)/t16-,17+/m1/s1. The number of aliphatic carboxylic acids is 1. The molecule has 1 aromatic heterocycles. The molecule has 6 nitrogen and oxygen atoms in total. The highest BCUT2D eigenvalue weighted by Gasteiger charge is 2.38. The summed E-state index contributed by atoms with van der Waals surface area (Å²) in [5, 5.41) is 13.1. The van der Waals surface area contributed by atoms with Crippen molar-refractivity contribution in [2.75, 3.05) is 11.9 Å². The molecule has 2 aliphatic carbocycles. The van der Waals surface area contributed by atoms with Crippen molar-refractivity contribution in [3.05, 3.63) is 27.2 Å². The average molecular weight is 434 g/mol. The number of carbonyl (C=O) groups excluding carboxylic acids is 2. The summed E-state index contributed by atoms with van der Waals surface area (Å²) < 4.78 is 5.47. The number of hydrogen-bond acceptors (Lipinski definition) is 5. The lowest BCUT2D eigenvalue weighted by atomic mass is 9.76. The molecule has 0 radical (unpaired) electrons. The maximum atomic E-state index is 13.1. The van der Waals surface area contributed by atoms with Gasteiger partial charge < -0.3 is 15.2 Å². The molecule has 1 heterocycles.